The maximum atomic E-state index is 13.5. The highest BCUT2D eigenvalue weighted by Gasteiger charge is 2.08. The largest absolute Gasteiger partial charge is 0.384 e. The van der Waals surface area contributed by atoms with Crippen LogP contribution in [0.5, 0.6) is 0 Å². The molecule has 2 N–H and O–H groups in total. The number of benzene rings is 1. The van der Waals surface area contributed by atoms with E-state index in [4.69, 9.17) is 5.11 Å². The van der Waals surface area contributed by atoms with Crippen LogP contribution in [0.15, 0.2) is 36.5 Å². The highest BCUT2D eigenvalue weighted by molar-refractivity contribution is 6.04. The zero-order valence-corrected chi connectivity index (χ0v) is 11.4. The van der Waals surface area contributed by atoms with Crippen LogP contribution in [0.1, 0.15) is 21.6 Å². The number of nitrogens with one attached hydrogen (secondary N) is 1. The van der Waals surface area contributed by atoms with Gasteiger partial charge in [0.05, 0.1) is 11.1 Å². The Morgan fingerprint density at radius 3 is 2.86 bits per heavy atom. The maximum absolute atomic E-state index is 13.5. The van der Waals surface area contributed by atoms with E-state index in [0.717, 1.165) is 5.69 Å². The molecule has 0 aliphatic rings. The fourth-order valence-corrected chi connectivity index (χ4v) is 1.64. The standard InChI is InChI=1S/C16H13FN2O2/c1-11-4-5-13(10-18-11)16(21)19-14-6-7-15(17)12(9-14)3-2-8-20/h4-7,9-10,20H,8H2,1H3,(H,19,21). The van der Waals surface area contributed by atoms with Crippen LogP contribution in [0.3, 0.4) is 0 Å². The Balaban J connectivity index is 2.19. The monoisotopic (exact) mass is 284 g/mol. The third-order valence-corrected chi connectivity index (χ3v) is 2.70. The van der Waals surface area contributed by atoms with E-state index >= 15 is 0 Å². The van der Waals surface area contributed by atoms with Crippen molar-refractivity contribution in [2.75, 3.05) is 11.9 Å². The van der Waals surface area contributed by atoms with Crippen LogP contribution >= 0.6 is 0 Å². The first-order valence-electron chi connectivity index (χ1n) is 6.23. The molecule has 0 fully saturated rings. The minimum Gasteiger partial charge on any atom is -0.384 e. The molecule has 1 heterocycles. The van der Waals surface area contributed by atoms with E-state index in [-0.39, 0.29) is 18.1 Å². The summed E-state index contributed by atoms with van der Waals surface area (Å²) in [4.78, 5) is 16.1. The molecule has 0 saturated carbocycles. The Morgan fingerprint density at radius 2 is 2.19 bits per heavy atom. The predicted octanol–water partition coefficient (Wildman–Crippen LogP) is 2.13. The molecule has 1 amide bonds. The molecule has 21 heavy (non-hydrogen) atoms. The van der Waals surface area contributed by atoms with Gasteiger partial charge < -0.3 is 10.4 Å². The Bertz CT molecular complexity index is 715. The molecule has 0 aliphatic heterocycles. The van der Waals surface area contributed by atoms with Crippen molar-refractivity contribution in [3.63, 3.8) is 0 Å². The smallest absolute Gasteiger partial charge is 0.257 e. The maximum Gasteiger partial charge on any atom is 0.257 e. The highest BCUT2D eigenvalue weighted by Crippen LogP contribution is 2.15. The molecule has 1 aromatic heterocycles. The summed E-state index contributed by atoms with van der Waals surface area (Å²) in [5.74, 6) is 4.01. The first kappa shape index (κ1) is 14.7. The molecule has 0 atom stereocenters. The van der Waals surface area contributed by atoms with E-state index in [2.05, 4.69) is 22.1 Å². The van der Waals surface area contributed by atoms with Gasteiger partial charge in [0.1, 0.15) is 12.4 Å². The first-order chi connectivity index (χ1) is 10.1. The van der Waals surface area contributed by atoms with Crippen LogP contribution in [-0.4, -0.2) is 22.6 Å². The molecule has 1 aromatic carbocycles. The molecular weight excluding hydrogens is 271 g/mol. The number of aromatic nitrogens is 1. The van der Waals surface area contributed by atoms with Crippen LogP contribution < -0.4 is 5.32 Å². The number of carbonyl (C=O) groups excluding carboxylic acids is 1. The van der Waals surface area contributed by atoms with Crippen LogP contribution in [0.4, 0.5) is 10.1 Å². The number of nitrogens with zero attached hydrogens (tertiary/aromatic N) is 1. The van der Waals surface area contributed by atoms with Crippen LogP contribution in [0.25, 0.3) is 0 Å². The molecule has 0 saturated heterocycles. The zero-order chi connectivity index (χ0) is 15.2. The first-order valence-corrected chi connectivity index (χ1v) is 6.23. The molecule has 0 aliphatic carbocycles. The Kier molecular flexibility index (Phi) is 4.64. The van der Waals surface area contributed by atoms with Crippen molar-refractivity contribution in [3.8, 4) is 11.8 Å². The minimum atomic E-state index is -0.508. The molecule has 2 rings (SSSR count). The van der Waals surface area contributed by atoms with E-state index in [1.54, 1.807) is 12.1 Å². The average Bonchev–Trinajstić information content (AvgIpc) is 2.48. The lowest BCUT2D eigenvalue weighted by Gasteiger charge is -2.06. The predicted molar refractivity (Wildman–Crippen MR) is 77.3 cm³/mol. The summed E-state index contributed by atoms with van der Waals surface area (Å²) in [5, 5.41) is 11.3. The Morgan fingerprint density at radius 1 is 1.38 bits per heavy atom. The molecule has 5 heteroatoms. The van der Waals surface area contributed by atoms with E-state index < -0.39 is 5.82 Å². The number of anilines is 1. The van der Waals surface area contributed by atoms with Gasteiger partial charge in [0, 0.05) is 17.6 Å². The van der Waals surface area contributed by atoms with Gasteiger partial charge in [-0.1, -0.05) is 11.8 Å². The molecule has 2 aromatic rings. The van der Waals surface area contributed by atoms with Crippen molar-refractivity contribution in [2.24, 2.45) is 0 Å². The van der Waals surface area contributed by atoms with Crippen molar-refractivity contribution in [2.45, 2.75) is 6.92 Å². The van der Waals surface area contributed by atoms with Gasteiger partial charge in [0.2, 0.25) is 0 Å². The van der Waals surface area contributed by atoms with Gasteiger partial charge in [-0.05, 0) is 37.3 Å². The number of halogens is 1. The summed E-state index contributed by atoms with van der Waals surface area (Å²) in [7, 11) is 0. The van der Waals surface area contributed by atoms with E-state index in [1.807, 2.05) is 6.92 Å². The second-order valence-electron chi connectivity index (χ2n) is 4.30. The second kappa shape index (κ2) is 6.64. The fraction of sp³-hybridized carbons (Fsp3) is 0.125. The summed E-state index contributed by atoms with van der Waals surface area (Å²) >= 11 is 0. The quantitative estimate of drug-likeness (QED) is 0.830. The van der Waals surface area contributed by atoms with Crippen molar-refractivity contribution in [1.82, 2.24) is 4.98 Å². The number of hydrogen-bond donors (Lipinski definition) is 2. The van der Waals surface area contributed by atoms with E-state index in [9.17, 15) is 9.18 Å². The zero-order valence-electron chi connectivity index (χ0n) is 11.4. The number of hydrogen-bond acceptors (Lipinski definition) is 3. The number of amides is 1. The molecular formula is C16H13FN2O2. The Labute approximate surface area is 121 Å². The molecule has 4 nitrogen and oxygen atoms in total. The summed E-state index contributed by atoms with van der Waals surface area (Å²) in [6, 6.07) is 7.46. The van der Waals surface area contributed by atoms with Crippen molar-refractivity contribution in [1.29, 1.82) is 0 Å². The topological polar surface area (TPSA) is 62.2 Å². The number of rotatable bonds is 2. The van der Waals surface area contributed by atoms with Gasteiger partial charge >= 0.3 is 0 Å². The number of aliphatic hydroxyl groups is 1. The van der Waals surface area contributed by atoms with Crippen LogP contribution in [-0.2, 0) is 0 Å². The van der Waals surface area contributed by atoms with Crippen molar-refractivity contribution in [3.05, 3.63) is 59.2 Å². The lowest BCUT2D eigenvalue weighted by molar-refractivity contribution is 0.102. The summed E-state index contributed by atoms with van der Waals surface area (Å²) in [5.41, 5.74) is 1.76. The lowest BCUT2D eigenvalue weighted by Crippen LogP contribution is -2.12. The summed E-state index contributed by atoms with van der Waals surface area (Å²) < 4.78 is 13.5. The van der Waals surface area contributed by atoms with Crippen molar-refractivity contribution >= 4 is 11.6 Å². The number of aryl methyl sites for hydroxylation is 1. The van der Waals surface area contributed by atoms with Gasteiger partial charge in [0.25, 0.3) is 5.91 Å². The number of aliphatic hydroxyl groups excluding tert-OH is 1. The molecule has 106 valence electrons. The van der Waals surface area contributed by atoms with Gasteiger partial charge in [-0.3, -0.25) is 9.78 Å². The number of pyridine rings is 1. The summed E-state index contributed by atoms with van der Waals surface area (Å²) in [6.45, 7) is 1.47. The minimum absolute atomic E-state index is 0.115. The van der Waals surface area contributed by atoms with Gasteiger partial charge in [-0.25, -0.2) is 4.39 Å². The highest BCUT2D eigenvalue weighted by atomic mass is 19.1. The Hall–Kier alpha value is -2.71. The van der Waals surface area contributed by atoms with E-state index in [0.29, 0.717) is 11.3 Å². The van der Waals surface area contributed by atoms with Crippen LogP contribution in [0, 0.1) is 24.6 Å². The van der Waals surface area contributed by atoms with E-state index in [1.165, 1.54) is 24.4 Å². The van der Waals surface area contributed by atoms with Crippen molar-refractivity contribution < 1.29 is 14.3 Å². The summed E-state index contributed by atoms with van der Waals surface area (Å²) in [6.07, 6.45) is 1.47. The fourth-order valence-electron chi connectivity index (χ4n) is 1.64. The third kappa shape index (κ3) is 3.88. The lowest BCUT2D eigenvalue weighted by atomic mass is 10.1. The molecule has 0 bridgehead atoms. The average molecular weight is 284 g/mol. The van der Waals surface area contributed by atoms with Gasteiger partial charge in [-0.15, -0.1) is 0 Å². The molecule has 0 spiro atoms. The SMILES string of the molecule is Cc1ccc(C(=O)Nc2ccc(F)c(C#CCO)c2)cn1. The van der Waals surface area contributed by atoms with Gasteiger partial charge in [-0.2, -0.15) is 0 Å². The third-order valence-electron chi connectivity index (χ3n) is 2.70. The number of carbonyl (C=O) groups is 1. The molecule has 0 unspecified atom stereocenters. The molecule has 0 radical (unpaired) electrons. The normalized spacial score (nSPS) is 9.67. The van der Waals surface area contributed by atoms with Gasteiger partial charge in [0.15, 0.2) is 0 Å². The second-order valence-corrected chi connectivity index (χ2v) is 4.30. The van der Waals surface area contributed by atoms with Crippen LogP contribution in [0.2, 0.25) is 0 Å².